The van der Waals surface area contributed by atoms with Gasteiger partial charge in [0.2, 0.25) is 0 Å². The smallest absolute Gasteiger partial charge is 0.331 e. The molecule has 0 N–H and O–H groups in total. The van der Waals surface area contributed by atoms with Gasteiger partial charge in [-0.15, -0.1) is 0 Å². The van der Waals surface area contributed by atoms with Gasteiger partial charge in [-0.3, -0.25) is 0 Å². The largest absolute Gasteiger partial charge is 0.467 e. The molecule has 0 radical (unpaired) electrons. The maximum atomic E-state index is 10.8. The summed E-state index contributed by atoms with van der Waals surface area (Å²) in [5, 5.41) is 0. The minimum absolute atomic E-state index is 0.0599. The quantitative estimate of drug-likeness (QED) is 0.189. The molecular weight excluding hydrogens is 400 g/mol. The molecule has 0 aromatic heterocycles. The first kappa shape index (κ1) is 27.2. The number of carbonyl (C=O) groups is 1. The minimum Gasteiger partial charge on any atom is -0.467 e. The molecule has 0 aliphatic carbocycles. The van der Waals surface area contributed by atoms with E-state index < -0.39 is 5.97 Å². The first-order valence-corrected chi connectivity index (χ1v) is 10.6. The Hall–Kier alpha value is -0.850. The lowest BCUT2D eigenvalue weighted by molar-refractivity contribution is -0.169. The highest BCUT2D eigenvalue weighted by Crippen LogP contribution is 2.13. The summed E-state index contributed by atoms with van der Waals surface area (Å²) in [5.41, 5.74) is 0. The van der Waals surface area contributed by atoms with Crippen LogP contribution in [0.4, 0.5) is 0 Å². The van der Waals surface area contributed by atoms with Crippen molar-refractivity contribution < 1.29 is 47.4 Å². The third-order valence-corrected chi connectivity index (χ3v) is 3.98. The molecule has 0 aromatic carbocycles. The highest BCUT2D eigenvalue weighted by atomic mass is 16.7. The van der Waals surface area contributed by atoms with Crippen LogP contribution in [0.5, 0.6) is 0 Å². The Balaban J connectivity index is 1.65. The second-order valence-corrected chi connectivity index (χ2v) is 6.36. The Labute approximate surface area is 179 Å². The van der Waals surface area contributed by atoms with Crippen molar-refractivity contribution in [1.82, 2.24) is 0 Å². The van der Waals surface area contributed by atoms with Crippen LogP contribution in [0.3, 0.4) is 0 Å². The van der Waals surface area contributed by atoms with Crippen molar-refractivity contribution in [2.45, 2.75) is 25.6 Å². The van der Waals surface area contributed by atoms with Crippen molar-refractivity contribution in [3.05, 3.63) is 0 Å². The monoisotopic (exact) mass is 438 g/mol. The van der Waals surface area contributed by atoms with Gasteiger partial charge >= 0.3 is 5.97 Å². The van der Waals surface area contributed by atoms with Gasteiger partial charge in [-0.25, -0.2) is 4.79 Å². The van der Waals surface area contributed by atoms with E-state index in [9.17, 15) is 4.79 Å². The highest BCUT2D eigenvalue weighted by molar-refractivity contribution is 5.70. The van der Waals surface area contributed by atoms with Crippen LogP contribution in [0.1, 0.15) is 19.3 Å². The van der Waals surface area contributed by atoms with Crippen LogP contribution in [0.2, 0.25) is 0 Å². The van der Waals surface area contributed by atoms with Crippen LogP contribution in [-0.2, 0) is 47.4 Å². The first-order valence-electron chi connectivity index (χ1n) is 10.6. The number of ether oxygens (including phenoxy) is 9. The van der Waals surface area contributed by atoms with Crippen LogP contribution < -0.4 is 0 Å². The summed E-state index contributed by atoms with van der Waals surface area (Å²) in [4.78, 5) is 10.8. The molecular formula is C20H38O10. The van der Waals surface area contributed by atoms with Crippen LogP contribution >= 0.6 is 0 Å². The molecule has 178 valence electrons. The van der Waals surface area contributed by atoms with E-state index in [0.717, 1.165) is 19.4 Å². The number of rotatable bonds is 21. The first-order chi connectivity index (χ1) is 14.8. The van der Waals surface area contributed by atoms with Crippen LogP contribution in [0, 0.1) is 0 Å². The third kappa shape index (κ3) is 18.0. The van der Waals surface area contributed by atoms with Gasteiger partial charge in [0.25, 0.3) is 0 Å². The Morgan fingerprint density at radius 1 is 0.700 bits per heavy atom. The molecule has 1 heterocycles. The number of hydrogen-bond acceptors (Lipinski definition) is 10. The summed E-state index contributed by atoms with van der Waals surface area (Å²) in [6.07, 6.45) is 3.19. The topological polar surface area (TPSA) is 100 Å². The van der Waals surface area contributed by atoms with Gasteiger partial charge in [-0.05, 0) is 19.3 Å². The lowest BCUT2D eigenvalue weighted by Crippen LogP contribution is -2.24. The molecule has 10 nitrogen and oxygen atoms in total. The van der Waals surface area contributed by atoms with Gasteiger partial charge in [0.15, 0.2) is 6.29 Å². The molecule has 1 unspecified atom stereocenters. The zero-order valence-electron chi connectivity index (χ0n) is 18.2. The Morgan fingerprint density at radius 2 is 1.17 bits per heavy atom. The molecule has 30 heavy (non-hydrogen) atoms. The minimum atomic E-state index is -0.400. The lowest BCUT2D eigenvalue weighted by Gasteiger charge is -2.22. The van der Waals surface area contributed by atoms with Crippen LogP contribution in [0.15, 0.2) is 0 Å². The summed E-state index contributed by atoms with van der Waals surface area (Å²) >= 11 is 0. The maximum absolute atomic E-state index is 10.8. The van der Waals surface area contributed by atoms with E-state index >= 15 is 0 Å². The van der Waals surface area contributed by atoms with Crippen molar-refractivity contribution in [2.24, 2.45) is 0 Å². The van der Waals surface area contributed by atoms with Gasteiger partial charge in [-0.2, -0.15) is 0 Å². The fourth-order valence-corrected chi connectivity index (χ4v) is 2.40. The molecule has 0 bridgehead atoms. The van der Waals surface area contributed by atoms with Gasteiger partial charge in [0.1, 0.15) is 6.61 Å². The summed E-state index contributed by atoms with van der Waals surface area (Å²) in [7, 11) is 1.32. The normalized spacial score (nSPS) is 16.6. The number of hydrogen-bond donors (Lipinski definition) is 0. The van der Waals surface area contributed by atoms with E-state index in [0.29, 0.717) is 79.3 Å². The molecule has 0 amide bonds. The van der Waals surface area contributed by atoms with Gasteiger partial charge in [-0.1, -0.05) is 0 Å². The fraction of sp³-hybridized carbons (Fsp3) is 0.950. The van der Waals surface area contributed by atoms with E-state index in [1.54, 1.807) is 0 Å². The van der Waals surface area contributed by atoms with Crippen molar-refractivity contribution in [2.75, 3.05) is 99.6 Å². The SMILES string of the molecule is COC(=O)COCCOCCOCCOCCOCCOCCOC1CCCCO1. The Kier molecular flexibility index (Phi) is 19.4. The zero-order valence-corrected chi connectivity index (χ0v) is 18.2. The van der Waals surface area contributed by atoms with Crippen molar-refractivity contribution in [1.29, 1.82) is 0 Å². The maximum Gasteiger partial charge on any atom is 0.331 e. The number of esters is 1. The molecule has 0 spiro atoms. The summed E-state index contributed by atoms with van der Waals surface area (Å²) in [5.74, 6) is -0.400. The molecule has 0 aromatic rings. The molecule has 10 heteroatoms. The van der Waals surface area contributed by atoms with Gasteiger partial charge in [0, 0.05) is 6.61 Å². The fourth-order valence-electron chi connectivity index (χ4n) is 2.40. The van der Waals surface area contributed by atoms with E-state index in [4.69, 9.17) is 37.9 Å². The van der Waals surface area contributed by atoms with Crippen LogP contribution in [0.25, 0.3) is 0 Å². The van der Waals surface area contributed by atoms with E-state index in [-0.39, 0.29) is 12.9 Å². The average Bonchev–Trinajstić information content (AvgIpc) is 2.78. The predicted molar refractivity (Wildman–Crippen MR) is 106 cm³/mol. The van der Waals surface area contributed by atoms with E-state index in [1.165, 1.54) is 13.5 Å². The lowest BCUT2D eigenvalue weighted by atomic mass is 10.2. The second-order valence-electron chi connectivity index (χ2n) is 6.36. The number of carbonyl (C=O) groups excluding carboxylic acids is 1. The van der Waals surface area contributed by atoms with E-state index in [1.807, 2.05) is 0 Å². The molecule has 1 rings (SSSR count). The second kappa shape index (κ2) is 21.4. The van der Waals surface area contributed by atoms with Crippen molar-refractivity contribution >= 4 is 5.97 Å². The molecule has 0 saturated carbocycles. The number of methoxy groups -OCH3 is 1. The molecule has 1 aliphatic rings. The summed E-state index contributed by atoms with van der Waals surface area (Å²) in [6.45, 7) is 6.59. The third-order valence-electron chi connectivity index (χ3n) is 3.98. The molecule has 1 aliphatic heterocycles. The summed E-state index contributed by atoms with van der Waals surface area (Å²) in [6, 6.07) is 0. The molecule has 1 saturated heterocycles. The summed E-state index contributed by atoms with van der Waals surface area (Å²) < 4.78 is 47.5. The Bertz CT molecular complexity index is 377. The molecule has 1 fully saturated rings. The Morgan fingerprint density at radius 3 is 1.60 bits per heavy atom. The molecule has 1 atom stereocenters. The van der Waals surface area contributed by atoms with Crippen LogP contribution in [-0.4, -0.2) is 112 Å². The van der Waals surface area contributed by atoms with Gasteiger partial charge < -0.3 is 42.6 Å². The highest BCUT2D eigenvalue weighted by Gasteiger charge is 2.13. The van der Waals surface area contributed by atoms with Crippen molar-refractivity contribution in [3.63, 3.8) is 0 Å². The van der Waals surface area contributed by atoms with Crippen molar-refractivity contribution in [3.8, 4) is 0 Å². The standard InChI is InChI=1S/C20H38O10/c1-22-19(21)18-28-15-14-26-11-10-24-7-6-23-8-9-25-12-13-27-16-17-30-20-4-2-3-5-29-20/h20H,2-18H2,1H3. The van der Waals surface area contributed by atoms with E-state index in [2.05, 4.69) is 4.74 Å². The van der Waals surface area contributed by atoms with Gasteiger partial charge in [0.05, 0.1) is 86.4 Å². The zero-order chi connectivity index (χ0) is 21.5. The average molecular weight is 439 g/mol. The predicted octanol–water partition coefficient (Wildman–Crippen LogP) is 0.802.